The van der Waals surface area contributed by atoms with Crippen molar-refractivity contribution in [1.82, 2.24) is 14.5 Å². The smallest absolute Gasteiger partial charge is 0.379 e. The highest BCUT2D eigenvalue weighted by Crippen LogP contribution is 2.35. The van der Waals surface area contributed by atoms with Gasteiger partial charge in [0.1, 0.15) is 17.2 Å². The minimum absolute atomic E-state index is 0.0203. The maximum Gasteiger partial charge on any atom is 0.416 e. The molecule has 170 valence electrons. The molecule has 0 atom stereocenters. The summed E-state index contributed by atoms with van der Waals surface area (Å²) in [6, 6.07) is 11.3. The number of rotatable bonds is 4. The number of hydrogen-bond acceptors (Lipinski definition) is 5. The second-order valence-electron chi connectivity index (χ2n) is 8.02. The van der Waals surface area contributed by atoms with Gasteiger partial charge in [0.25, 0.3) is 0 Å². The Balaban J connectivity index is 1.63. The zero-order valence-corrected chi connectivity index (χ0v) is 17.6. The van der Waals surface area contributed by atoms with E-state index in [1.807, 2.05) is 0 Å². The highest BCUT2D eigenvalue weighted by molar-refractivity contribution is 6.27. The molecule has 0 unspecified atom stereocenters. The van der Waals surface area contributed by atoms with Crippen molar-refractivity contribution < 1.29 is 27.5 Å². The topological polar surface area (TPSA) is 64.4 Å². The second-order valence-corrected chi connectivity index (χ2v) is 8.02. The second kappa shape index (κ2) is 8.24. The normalized spacial score (nSPS) is 16.6. The van der Waals surface area contributed by atoms with Gasteiger partial charge < -0.3 is 9.30 Å². The Morgan fingerprint density at radius 1 is 0.909 bits per heavy atom. The number of carbonyl (C=O) groups is 2. The molecule has 1 fully saturated rings. The van der Waals surface area contributed by atoms with Crippen LogP contribution in [0.1, 0.15) is 37.7 Å². The molecule has 0 saturated carbocycles. The summed E-state index contributed by atoms with van der Waals surface area (Å²) >= 11 is 0. The van der Waals surface area contributed by atoms with Crippen LogP contribution in [-0.4, -0.2) is 58.9 Å². The van der Waals surface area contributed by atoms with Crippen LogP contribution >= 0.6 is 0 Å². The summed E-state index contributed by atoms with van der Waals surface area (Å²) in [6.45, 7) is 3.45. The maximum absolute atomic E-state index is 13.4. The zero-order valence-electron chi connectivity index (χ0n) is 17.6. The van der Waals surface area contributed by atoms with Crippen molar-refractivity contribution in [2.45, 2.75) is 12.7 Å². The lowest BCUT2D eigenvalue weighted by molar-refractivity contribution is -0.137. The molecule has 0 radical (unpaired) electrons. The summed E-state index contributed by atoms with van der Waals surface area (Å²) in [4.78, 5) is 33.1. The van der Waals surface area contributed by atoms with E-state index in [2.05, 4.69) is 9.88 Å². The third-order valence-electron chi connectivity index (χ3n) is 6.01. The van der Waals surface area contributed by atoms with Crippen LogP contribution in [0, 0.1) is 0 Å². The predicted octanol–water partition coefficient (Wildman–Crippen LogP) is 3.68. The first-order chi connectivity index (χ1) is 15.8. The SMILES string of the molecule is O=C1c2ccccc2C(=O)c2c1nc(-c1cccc(C(F)(F)F)c1)n2CCN1CCOCC1. The number of halogens is 3. The average Bonchev–Trinajstić information content (AvgIpc) is 3.21. The fourth-order valence-corrected chi connectivity index (χ4v) is 4.31. The Labute approximate surface area is 187 Å². The fraction of sp³-hybridized carbons (Fsp3) is 0.292. The summed E-state index contributed by atoms with van der Waals surface area (Å²) in [6.07, 6.45) is -4.53. The van der Waals surface area contributed by atoms with Crippen LogP contribution in [0.25, 0.3) is 11.4 Å². The van der Waals surface area contributed by atoms with Crippen molar-refractivity contribution in [3.63, 3.8) is 0 Å². The minimum Gasteiger partial charge on any atom is -0.379 e. The van der Waals surface area contributed by atoms with Gasteiger partial charge in [0.15, 0.2) is 0 Å². The summed E-state index contributed by atoms with van der Waals surface area (Å²) in [7, 11) is 0. The van der Waals surface area contributed by atoms with Gasteiger partial charge in [-0.1, -0.05) is 36.4 Å². The number of alkyl halides is 3. The largest absolute Gasteiger partial charge is 0.416 e. The van der Waals surface area contributed by atoms with Crippen molar-refractivity contribution in [2.75, 3.05) is 32.8 Å². The van der Waals surface area contributed by atoms with Gasteiger partial charge in [0.2, 0.25) is 11.6 Å². The van der Waals surface area contributed by atoms with Crippen molar-refractivity contribution in [3.05, 3.63) is 76.6 Å². The molecule has 9 heteroatoms. The minimum atomic E-state index is -4.53. The van der Waals surface area contributed by atoms with Crippen molar-refractivity contribution in [2.24, 2.45) is 0 Å². The molecule has 1 aliphatic heterocycles. The van der Waals surface area contributed by atoms with Gasteiger partial charge in [-0.15, -0.1) is 0 Å². The van der Waals surface area contributed by atoms with Crippen LogP contribution in [0.4, 0.5) is 13.2 Å². The molecule has 2 heterocycles. The van der Waals surface area contributed by atoms with Crippen LogP contribution in [0.5, 0.6) is 0 Å². The molecule has 3 aromatic rings. The van der Waals surface area contributed by atoms with E-state index in [0.717, 1.165) is 12.1 Å². The molecule has 0 bridgehead atoms. The molecule has 2 aliphatic rings. The van der Waals surface area contributed by atoms with Gasteiger partial charge in [-0.2, -0.15) is 13.2 Å². The molecule has 1 aliphatic carbocycles. The Hall–Kier alpha value is -3.30. The first-order valence-electron chi connectivity index (χ1n) is 10.6. The van der Waals surface area contributed by atoms with E-state index in [1.165, 1.54) is 12.1 Å². The number of imidazole rings is 1. The van der Waals surface area contributed by atoms with Gasteiger partial charge in [-0.25, -0.2) is 4.98 Å². The Kier molecular flexibility index (Phi) is 5.38. The van der Waals surface area contributed by atoms with Crippen LogP contribution in [-0.2, 0) is 17.5 Å². The highest BCUT2D eigenvalue weighted by atomic mass is 19.4. The molecule has 1 aromatic heterocycles. The monoisotopic (exact) mass is 455 g/mol. The molecule has 33 heavy (non-hydrogen) atoms. The van der Waals surface area contributed by atoms with E-state index in [1.54, 1.807) is 28.8 Å². The molecule has 6 nitrogen and oxygen atoms in total. The van der Waals surface area contributed by atoms with Crippen LogP contribution in [0.15, 0.2) is 48.5 Å². The van der Waals surface area contributed by atoms with E-state index in [9.17, 15) is 22.8 Å². The number of carbonyl (C=O) groups excluding carboxylic acids is 2. The van der Waals surface area contributed by atoms with E-state index in [4.69, 9.17) is 4.74 Å². The number of nitrogens with zero attached hydrogens (tertiary/aromatic N) is 3. The summed E-state index contributed by atoms with van der Waals surface area (Å²) in [5, 5.41) is 0. The van der Waals surface area contributed by atoms with Gasteiger partial charge in [0.05, 0.1) is 18.8 Å². The third kappa shape index (κ3) is 3.87. The lowest BCUT2D eigenvalue weighted by atomic mass is 9.90. The first-order valence-corrected chi connectivity index (χ1v) is 10.6. The average molecular weight is 455 g/mol. The van der Waals surface area contributed by atoms with E-state index >= 15 is 0 Å². The highest BCUT2D eigenvalue weighted by Gasteiger charge is 2.37. The molecule has 0 N–H and O–H groups in total. The van der Waals surface area contributed by atoms with Crippen LogP contribution < -0.4 is 0 Å². The number of aromatic nitrogens is 2. The Morgan fingerprint density at radius 2 is 1.61 bits per heavy atom. The van der Waals surface area contributed by atoms with Gasteiger partial charge in [-0.3, -0.25) is 14.5 Å². The molecule has 2 aromatic carbocycles. The molecular weight excluding hydrogens is 435 g/mol. The van der Waals surface area contributed by atoms with Gasteiger partial charge >= 0.3 is 6.18 Å². The number of ether oxygens (including phenoxy) is 1. The quantitative estimate of drug-likeness (QED) is 0.470. The molecule has 5 rings (SSSR count). The van der Waals surface area contributed by atoms with Crippen molar-refractivity contribution in [3.8, 4) is 11.4 Å². The molecule has 0 spiro atoms. The van der Waals surface area contributed by atoms with E-state index in [-0.39, 0.29) is 39.7 Å². The summed E-state index contributed by atoms with van der Waals surface area (Å²) in [5.41, 5.74) is 0.0153. The zero-order chi connectivity index (χ0) is 23.2. The maximum atomic E-state index is 13.4. The lowest BCUT2D eigenvalue weighted by Gasteiger charge is -2.27. The van der Waals surface area contributed by atoms with Crippen molar-refractivity contribution in [1.29, 1.82) is 0 Å². The standard InChI is InChI=1S/C24H20F3N3O3/c25-24(26,27)16-5-3-4-15(14-16)23-28-19-20(30(23)9-8-29-10-12-33-13-11-29)22(32)18-7-2-1-6-17(18)21(19)31/h1-7,14H,8-13H2. The van der Waals surface area contributed by atoms with E-state index < -0.39 is 17.5 Å². The summed E-state index contributed by atoms with van der Waals surface area (Å²) < 4.78 is 47.0. The predicted molar refractivity (Wildman–Crippen MR) is 113 cm³/mol. The first kappa shape index (κ1) is 21.5. The van der Waals surface area contributed by atoms with Crippen LogP contribution in [0.3, 0.4) is 0 Å². The summed E-state index contributed by atoms with van der Waals surface area (Å²) in [5.74, 6) is -0.583. The Morgan fingerprint density at radius 3 is 2.30 bits per heavy atom. The number of fused-ring (bicyclic) bond motifs is 2. The Bertz CT molecular complexity index is 1240. The number of benzene rings is 2. The number of ketones is 2. The van der Waals surface area contributed by atoms with Gasteiger partial charge in [0, 0.05) is 42.9 Å². The molecule has 1 saturated heterocycles. The lowest BCUT2D eigenvalue weighted by Crippen LogP contribution is -2.38. The fourth-order valence-electron chi connectivity index (χ4n) is 4.31. The van der Waals surface area contributed by atoms with Crippen molar-refractivity contribution >= 4 is 11.6 Å². The molecule has 0 amide bonds. The molecular formula is C24H20F3N3O3. The number of morpholine rings is 1. The van der Waals surface area contributed by atoms with E-state index in [0.29, 0.717) is 39.4 Å². The van der Waals surface area contributed by atoms with Crippen LogP contribution in [0.2, 0.25) is 0 Å². The van der Waals surface area contributed by atoms with Gasteiger partial charge in [-0.05, 0) is 12.1 Å². The number of hydrogen-bond donors (Lipinski definition) is 0. The third-order valence-corrected chi connectivity index (χ3v) is 6.01.